The molecule has 3 rings (SSSR count). The van der Waals surface area contributed by atoms with E-state index in [0.29, 0.717) is 5.92 Å². The van der Waals surface area contributed by atoms with Crippen molar-refractivity contribution in [3.8, 4) is 0 Å². The van der Waals surface area contributed by atoms with Crippen LogP contribution in [0.25, 0.3) is 0 Å². The Morgan fingerprint density at radius 3 is 2.17 bits per heavy atom. The Kier molecular flexibility index (Phi) is 5.96. The molecule has 1 aromatic heterocycles. The lowest BCUT2D eigenvalue weighted by Crippen LogP contribution is -2.25. The van der Waals surface area contributed by atoms with E-state index in [0.717, 1.165) is 36.2 Å². The quantitative estimate of drug-likeness (QED) is 0.553. The van der Waals surface area contributed by atoms with Crippen LogP contribution in [0.3, 0.4) is 0 Å². The van der Waals surface area contributed by atoms with Crippen molar-refractivity contribution in [2.45, 2.75) is 77.0 Å². The van der Waals surface area contributed by atoms with Crippen LogP contribution < -0.4 is 0 Å². The largest absolute Gasteiger partial charge is 0.217 e. The lowest BCUT2D eigenvalue weighted by molar-refractivity contribution is 0.156. The first-order valence-electron chi connectivity index (χ1n) is 9.49. The molecule has 0 N–H and O–H groups in total. The minimum atomic E-state index is -0.360. The van der Waals surface area contributed by atoms with E-state index < -0.39 is 0 Å². The molecule has 2 saturated carbocycles. The molecule has 0 bridgehead atoms. The van der Waals surface area contributed by atoms with Gasteiger partial charge in [-0.25, -0.2) is 4.98 Å². The molecule has 2 aliphatic carbocycles. The minimum Gasteiger partial charge on any atom is -0.208 e. The summed E-state index contributed by atoms with van der Waals surface area (Å²) >= 11 is 5.76. The van der Waals surface area contributed by atoms with Crippen LogP contribution in [0.5, 0.6) is 0 Å². The summed E-state index contributed by atoms with van der Waals surface area (Å²) in [5.74, 6) is 2.77. The van der Waals surface area contributed by atoms with Crippen LogP contribution >= 0.6 is 11.6 Å². The minimum absolute atomic E-state index is 0.253. The van der Waals surface area contributed by atoms with Gasteiger partial charge in [0.25, 0.3) is 0 Å². The molecule has 2 aliphatic rings. The molecule has 0 spiro atoms. The van der Waals surface area contributed by atoms with Gasteiger partial charge >= 0.3 is 0 Å². The summed E-state index contributed by atoms with van der Waals surface area (Å²) in [6.45, 7) is 2.30. The molecule has 0 amide bonds. The third kappa shape index (κ3) is 4.26. The maximum absolute atomic E-state index is 14.0. The zero-order valence-electron chi connectivity index (χ0n) is 14.2. The lowest BCUT2D eigenvalue weighted by atomic mass is 9.68. The molecule has 0 unspecified atom stereocenters. The number of halogens is 2. The maximum Gasteiger partial charge on any atom is 0.217 e. The molecule has 1 heterocycles. The van der Waals surface area contributed by atoms with E-state index in [1.54, 1.807) is 6.07 Å². The molecule has 0 saturated heterocycles. The standard InChI is InChI=1S/C20H29ClFN/c1-2-3-14-4-6-15(7-5-14)16-8-10-17(11-9-16)18-12-13-19(21)23-20(18)22/h12-17H,2-11H2,1H3/t14-,15-,16?,17?. The first kappa shape index (κ1) is 17.2. The third-order valence-electron chi connectivity index (χ3n) is 6.31. The van der Waals surface area contributed by atoms with Gasteiger partial charge in [-0.2, -0.15) is 4.39 Å². The second-order valence-electron chi connectivity index (χ2n) is 7.70. The second-order valence-corrected chi connectivity index (χ2v) is 8.08. The first-order chi connectivity index (χ1) is 11.2. The highest BCUT2D eigenvalue weighted by Gasteiger charge is 2.31. The number of nitrogens with zero attached hydrogens (tertiary/aromatic N) is 1. The Morgan fingerprint density at radius 2 is 1.61 bits per heavy atom. The molecular formula is C20H29ClFN. The number of hydrogen-bond acceptors (Lipinski definition) is 1. The van der Waals surface area contributed by atoms with Crippen molar-refractivity contribution < 1.29 is 4.39 Å². The summed E-state index contributed by atoms with van der Waals surface area (Å²) in [7, 11) is 0. The van der Waals surface area contributed by atoms with Gasteiger partial charge in [0.05, 0.1) is 0 Å². The normalized spacial score (nSPS) is 32.0. The molecule has 0 atom stereocenters. The molecule has 128 valence electrons. The number of hydrogen-bond donors (Lipinski definition) is 0. The highest BCUT2D eigenvalue weighted by atomic mass is 35.5. The molecule has 0 radical (unpaired) electrons. The van der Waals surface area contributed by atoms with Gasteiger partial charge in [-0.1, -0.05) is 50.3 Å². The molecule has 1 aromatic rings. The zero-order chi connectivity index (χ0) is 16.2. The van der Waals surface area contributed by atoms with Gasteiger partial charge in [-0.3, -0.25) is 0 Å². The van der Waals surface area contributed by atoms with Crippen LogP contribution in [0.4, 0.5) is 4.39 Å². The molecular weight excluding hydrogens is 309 g/mol. The molecule has 3 heteroatoms. The van der Waals surface area contributed by atoms with E-state index in [1.165, 1.54) is 51.4 Å². The third-order valence-corrected chi connectivity index (χ3v) is 6.52. The van der Waals surface area contributed by atoms with Crippen LogP contribution in [0.1, 0.15) is 82.6 Å². The van der Waals surface area contributed by atoms with E-state index >= 15 is 0 Å². The zero-order valence-corrected chi connectivity index (χ0v) is 15.0. The highest BCUT2D eigenvalue weighted by molar-refractivity contribution is 6.29. The van der Waals surface area contributed by atoms with E-state index in [1.807, 2.05) is 6.07 Å². The molecule has 2 fully saturated rings. The van der Waals surface area contributed by atoms with E-state index in [2.05, 4.69) is 11.9 Å². The highest BCUT2D eigenvalue weighted by Crippen LogP contribution is 2.44. The predicted molar refractivity (Wildman–Crippen MR) is 94.3 cm³/mol. The number of rotatable bonds is 4. The smallest absolute Gasteiger partial charge is 0.208 e. The summed E-state index contributed by atoms with van der Waals surface area (Å²) in [5.41, 5.74) is 0.777. The van der Waals surface area contributed by atoms with Gasteiger partial charge in [0, 0.05) is 5.56 Å². The SMILES string of the molecule is CCC[C@H]1CC[C@H](C2CCC(c3ccc(Cl)nc3F)CC2)CC1. The monoisotopic (exact) mass is 337 g/mol. The fourth-order valence-electron chi connectivity index (χ4n) is 4.99. The van der Waals surface area contributed by atoms with Gasteiger partial charge in [0.15, 0.2) is 0 Å². The fourth-order valence-corrected chi connectivity index (χ4v) is 5.12. The van der Waals surface area contributed by atoms with Gasteiger partial charge in [0.1, 0.15) is 5.15 Å². The molecule has 1 nitrogen and oxygen atoms in total. The number of pyridine rings is 1. The van der Waals surface area contributed by atoms with Crippen molar-refractivity contribution in [1.82, 2.24) is 4.98 Å². The average molecular weight is 338 g/mol. The van der Waals surface area contributed by atoms with Crippen molar-refractivity contribution in [2.24, 2.45) is 17.8 Å². The van der Waals surface area contributed by atoms with Crippen molar-refractivity contribution in [1.29, 1.82) is 0 Å². The van der Waals surface area contributed by atoms with E-state index in [-0.39, 0.29) is 11.1 Å². The van der Waals surface area contributed by atoms with Crippen LogP contribution in [-0.2, 0) is 0 Å². The van der Waals surface area contributed by atoms with E-state index in [9.17, 15) is 4.39 Å². The van der Waals surface area contributed by atoms with Crippen molar-refractivity contribution in [3.63, 3.8) is 0 Å². The summed E-state index contributed by atoms with van der Waals surface area (Å²) in [6, 6.07) is 3.56. The van der Waals surface area contributed by atoms with Crippen LogP contribution in [-0.4, -0.2) is 4.98 Å². The van der Waals surface area contributed by atoms with Gasteiger partial charge in [0.2, 0.25) is 5.95 Å². The molecule has 23 heavy (non-hydrogen) atoms. The fraction of sp³-hybridized carbons (Fsp3) is 0.750. The average Bonchev–Trinajstić information content (AvgIpc) is 2.56. The van der Waals surface area contributed by atoms with Crippen molar-refractivity contribution in [3.05, 3.63) is 28.8 Å². The van der Waals surface area contributed by atoms with Crippen molar-refractivity contribution in [2.75, 3.05) is 0 Å². The van der Waals surface area contributed by atoms with Gasteiger partial charge in [-0.15, -0.1) is 0 Å². The number of aromatic nitrogens is 1. The topological polar surface area (TPSA) is 12.9 Å². The first-order valence-corrected chi connectivity index (χ1v) is 9.87. The van der Waals surface area contributed by atoms with E-state index in [4.69, 9.17) is 11.6 Å². The Morgan fingerprint density at radius 1 is 1.00 bits per heavy atom. The lowest BCUT2D eigenvalue weighted by Gasteiger charge is -2.38. The maximum atomic E-state index is 14.0. The Balaban J connectivity index is 1.51. The second kappa shape index (κ2) is 7.96. The molecule has 0 aromatic carbocycles. The van der Waals surface area contributed by atoms with Crippen LogP contribution in [0.15, 0.2) is 12.1 Å². The summed E-state index contributed by atoms with van der Waals surface area (Å²) in [6.07, 6.45) is 13.2. The Hall–Kier alpha value is -0.630. The van der Waals surface area contributed by atoms with Crippen LogP contribution in [0.2, 0.25) is 5.15 Å². The van der Waals surface area contributed by atoms with Crippen molar-refractivity contribution >= 4 is 11.6 Å². The predicted octanol–water partition coefficient (Wildman–Crippen LogP) is 6.75. The van der Waals surface area contributed by atoms with Gasteiger partial charge < -0.3 is 0 Å². The summed E-state index contributed by atoms with van der Waals surface area (Å²) in [5, 5.41) is 0.253. The van der Waals surface area contributed by atoms with Gasteiger partial charge in [-0.05, 0) is 68.3 Å². The van der Waals surface area contributed by atoms with Crippen LogP contribution in [0, 0.1) is 23.7 Å². The Labute approximate surface area is 145 Å². The summed E-state index contributed by atoms with van der Waals surface area (Å²) < 4.78 is 14.0. The molecule has 0 aliphatic heterocycles. The Bertz CT molecular complexity index is 502. The summed E-state index contributed by atoms with van der Waals surface area (Å²) in [4.78, 5) is 3.78.